The molecule has 1 atom stereocenters. The van der Waals surface area contributed by atoms with Crippen LogP contribution in [0.3, 0.4) is 0 Å². The number of fused-ring (bicyclic) bond motifs is 1. The van der Waals surface area contributed by atoms with E-state index in [-0.39, 0.29) is 11.9 Å². The van der Waals surface area contributed by atoms with Gasteiger partial charge in [-0.1, -0.05) is 0 Å². The number of aromatic nitrogens is 1. The molecule has 1 saturated heterocycles. The van der Waals surface area contributed by atoms with Crippen molar-refractivity contribution in [2.24, 2.45) is 4.99 Å². The summed E-state index contributed by atoms with van der Waals surface area (Å²) in [6.07, 6.45) is 8.29. The molecule has 170 valence electrons. The quantitative estimate of drug-likeness (QED) is 0.600. The zero-order valence-electron chi connectivity index (χ0n) is 18.5. The number of aliphatic imine (C=N–C) groups is 1. The van der Waals surface area contributed by atoms with Crippen LogP contribution in [0.4, 0.5) is 0 Å². The van der Waals surface area contributed by atoms with Crippen LogP contribution in [0.15, 0.2) is 58.3 Å². The van der Waals surface area contributed by atoms with Crippen LogP contribution in [0.2, 0.25) is 0 Å². The monoisotopic (exact) mass is 446 g/mol. The first-order chi connectivity index (χ1) is 16.1. The first kappa shape index (κ1) is 21.4. The average Bonchev–Trinajstić information content (AvgIpc) is 3.61. The third-order valence-electron chi connectivity index (χ3n) is 6.32. The number of aliphatic hydroxyl groups excluding tert-OH is 1. The topological polar surface area (TPSA) is 91.4 Å². The maximum atomic E-state index is 11.8. The van der Waals surface area contributed by atoms with Gasteiger partial charge in [-0.25, -0.2) is 4.98 Å². The molecule has 1 aromatic carbocycles. The third-order valence-corrected chi connectivity index (χ3v) is 6.32. The molecule has 2 aliphatic rings. The minimum Gasteiger partial charge on any atom is -0.464 e. The molecule has 1 fully saturated rings. The molecule has 1 N–H and O–H groups in total. The first-order valence-corrected chi connectivity index (χ1v) is 11.0. The third kappa shape index (κ3) is 4.53. The number of rotatable bonds is 7. The highest BCUT2D eigenvalue weighted by Crippen LogP contribution is 2.30. The van der Waals surface area contributed by atoms with Gasteiger partial charge in [-0.15, -0.1) is 0 Å². The summed E-state index contributed by atoms with van der Waals surface area (Å²) in [4.78, 5) is 24.3. The Morgan fingerprint density at radius 3 is 3.00 bits per heavy atom. The van der Waals surface area contributed by atoms with E-state index in [2.05, 4.69) is 14.9 Å². The fourth-order valence-corrected chi connectivity index (χ4v) is 4.36. The van der Waals surface area contributed by atoms with Gasteiger partial charge in [-0.05, 0) is 41.8 Å². The second-order valence-electron chi connectivity index (χ2n) is 8.43. The van der Waals surface area contributed by atoms with Crippen LogP contribution < -0.4 is 4.74 Å². The maximum Gasteiger partial charge on any atom is 0.248 e. The summed E-state index contributed by atoms with van der Waals surface area (Å²) in [6.45, 7) is 2.66. The van der Waals surface area contributed by atoms with Crippen molar-refractivity contribution in [3.63, 3.8) is 0 Å². The van der Waals surface area contributed by atoms with Crippen LogP contribution in [0.1, 0.15) is 17.5 Å². The molecule has 2 aromatic heterocycles. The van der Waals surface area contributed by atoms with Gasteiger partial charge in [0.15, 0.2) is 0 Å². The van der Waals surface area contributed by atoms with Gasteiger partial charge in [0.2, 0.25) is 11.8 Å². The van der Waals surface area contributed by atoms with Crippen LogP contribution in [0.25, 0.3) is 16.5 Å². The molecule has 0 aliphatic carbocycles. The van der Waals surface area contributed by atoms with Crippen molar-refractivity contribution in [1.82, 2.24) is 14.8 Å². The molecule has 0 bridgehead atoms. The number of likely N-dealkylation sites (tertiary alicyclic amines) is 1. The fraction of sp³-hybridized carbons (Fsp3) is 0.320. The van der Waals surface area contributed by atoms with Crippen molar-refractivity contribution in [1.29, 1.82) is 0 Å². The van der Waals surface area contributed by atoms with Crippen molar-refractivity contribution in [3.05, 3.63) is 60.0 Å². The summed E-state index contributed by atoms with van der Waals surface area (Å²) in [7, 11) is 1.75. The van der Waals surface area contributed by atoms with Crippen LogP contribution in [0.5, 0.6) is 11.6 Å². The molecule has 0 saturated carbocycles. The van der Waals surface area contributed by atoms with Crippen molar-refractivity contribution in [3.8, 4) is 11.6 Å². The number of benzene rings is 1. The Morgan fingerprint density at radius 2 is 2.24 bits per heavy atom. The smallest absolute Gasteiger partial charge is 0.248 e. The number of hydrogen-bond donors (Lipinski definition) is 1. The molecule has 5 rings (SSSR count). The summed E-state index contributed by atoms with van der Waals surface area (Å²) >= 11 is 0. The first-order valence-electron chi connectivity index (χ1n) is 11.0. The van der Waals surface area contributed by atoms with Crippen LogP contribution >= 0.6 is 0 Å². The lowest BCUT2D eigenvalue weighted by Crippen LogP contribution is -2.40. The van der Waals surface area contributed by atoms with Gasteiger partial charge in [0.25, 0.3) is 0 Å². The van der Waals surface area contributed by atoms with Gasteiger partial charge in [-0.2, -0.15) is 0 Å². The van der Waals surface area contributed by atoms with E-state index in [0.717, 1.165) is 53.7 Å². The van der Waals surface area contributed by atoms with Crippen LogP contribution in [-0.2, 0) is 11.3 Å². The number of ether oxygens (including phenoxy) is 1. The van der Waals surface area contributed by atoms with E-state index in [0.29, 0.717) is 18.2 Å². The van der Waals surface area contributed by atoms with Crippen LogP contribution in [-0.4, -0.2) is 71.3 Å². The number of furan rings is 1. The molecule has 4 heterocycles. The molecule has 0 spiro atoms. The number of aliphatic hydroxyl groups is 1. The fourth-order valence-electron chi connectivity index (χ4n) is 4.36. The van der Waals surface area contributed by atoms with Gasteiger partial charge in [0.1, 0.15) is 17.9 Å². The van der Waals surface area contributed by atoms with E-state index in [1.807, 2.05) is 42.6 Å². The van der Waals surface area contributed by atoms with Gasteiger partial charge in [0.05, 0.1) is 12.8 Å². The number of carbonyl (C=O) groups excluding carboxylic acids is 1. The zero-order chi connectivity index (χ0) is 22.8. The van der Waals surface area contributed by atoms with E-state index in [1.165, 1.54) is 0 Å². The maximum absolute atomic E-state index is 11.8. The molecule has 0 radical (unpaired) electrons. The van der Waals surface area contributed by atoms with Gasteiger partial charge in [-0.3, -0.25) is 14.7 Å². The van der Waals surface area contributed by atoms with Crippen molar-refractivity contribution in [2.75, 3.05) is 33.3 Å². The van der Waals surface area contributed by atoms with Gasteiger partial charge in [0, 0.05) is 68.2 Å². The Morgan fingerprint density at radius 1 is 1.33 bits per heavy atom. The number of hydrogen-bond acceptors (Lipinski definition) is 7. The highest BCUT2D eigenvalue weighted by Gasteiger charge is 2.28. The van der Waals surface area contributed by atoms with Crippen molar-refractivity contribution < 1.29 is 19.1 Å². The summed E-state index contributed by atoms with van der Waals surface area (Å²) in [5, 5.41) is 10.1. The lowest BCUT2D eigenvalue weighted by atomic mass is 10.1. The number of nitrogens with zero attached hydrogens (tertiary/aromatic N) is 4. The summed E-state index contributed by atoms with van der Waals surface area (Å²) in [5.74, 6) is 0.948. The van der Waals surface area contributed by atoms with Crippen molar-refractivity contribution in [2.45, 2.75) is 19.0 Å². The largest absolute Gasteiger partial charge is 0.464 e. The number of likely N-dealkylation sites (N-methyl/N-ethyl adjacent to an activating group) is 1. The minimum absolute atomic E-state index is 0.124. The Hall–Kier alpha value is -3.49. The lowest BCUT2D eigenvalue weighted by Gasteiger charge is -2.24. The SMILES string of the molecule is CN(C(=O)CO)[C@H]1CCN(Cc2coc3cc(Oc4ccc(C5=CC=NC5)cn4)ccc23)C1. The number of pyridine rings is 1. The van der Waals surface area contributed by atoms with Gasteiger partial charge < -0.3 is 19.2 Å². The van der Waals surface area contributed by atoms with E-state index in [1.54, 1.807) is 24.4 Å². The summed E-state index contributed by atoms with van der Waals surface area (Å²) in [5.41, 5.74) is 4.05. The van der Waals surface area contributed by atoms with E-state index >= 15 is 0 Å². The van der Waals surface area contributed by atoms with E-state index in [9.17, 15) is 4.79 Å². The molecule has 0 unspecified atom stereocenters. The highest BCUT2D eigenvalue weighted by molar-refractivity contribution is 5.89. The second-order valence-corrected chi connectivity index (χ2v) is 8.43. The number of carbonyl (C=O) groups is 1. The highest BCUT2D eigenvalue weighted by atomic mass is 16.5. The molecular formula is C25H26N4O4. The Bertz CT molecular complexity index is 1210. The van der Waals surface area contributed by atoms with Crippen molar-refractivity contribution >= 4 is 28.7 Å². The molecule has 2 aliphatic heterocycles. The molecule has 8 heteroatoms. The van der Waals surface area contributed by atoms with E-state index < -0.39 is 6.61 Å². The molecule has 1 amide bonds. The standard InChI is InChI=1S/C25H26N4O4/c1-28(25(31)15-30)20-7-9-29(14-20)13-19-16-32-23-10-21(3-4-22(19)23)33-24-5-2-17(12-27-24)18-6-8-26-11-18/h2-6,8,10,12,16,20,30H,7,9,11,13-15H2,1H3/t20-/m0/s1. The molecule has 3 aromatic rings. The Balaban J connectivity index is 1.23. The zero-order valence-corrected chi connectivity index (χ0v) is 18.5. The molecule has 8 nitrogen and oxygen atoms in total. The van der Waals surface area contributed by atoms with Gasteiger partial charge >= 0.3 is 0 Å². The number of allylic oxidation sites excluding steroid dienone is 1. The second kappa shape index (κ2) is 9.17. The van der Waals surface area contributed by atoms with E-state index in [4.69, 9.17) is 14.3 Å². The molecule has 33 heavy (non-hydrogen) atoms. The normalized spacial score (nSPS) is 18.1. The number of amides is 1. The van der Waals surface area contributed by atoms with Crippen LogP contribution in [0, 0.1) is 0 Å². The Kier molecular flexibility index (Phi) is 5.93. The average molecular weight is 447 g/mol. The molecular weight excluding hydrogens is 420 g/mol. The minimum atomic E-state index is -0.448. The summed E-state index contributed by atoms with van der Waals surface area (Å²) in [6, 6.07) is 9.77. The predicted molar refractivity (Wildman–Crippen MR) is 125 cm³/mol. The summed E-state index contributed by atoms with van der Waals surface area (Å²) < 4.78 is 11.7. The Labute approximate surface area is 191 Å². The lowest BCUT2D eigenvalue weighted by molar-refractivity contribution is -0.134. The predicted octanol–water partition coefficient (Wildman–Crippen LogP) is 3.11.